The zero-order valence-corrected chi connectivity index (χ0v) is 15.7. The zero-order chi connectivity index (χ0) is 18.9. The number of benzene rings is 1. The van der Waals surface area contributed by atoms with Crippen molar-refractivity contribution < 1.29 is 14.3 Å². The zero-order valence-electron chi connectivity index (χ0n) is 15.7. The van der Waals surface area contributed by atoms with Crippen LogP contribution in [0.1, 0.15) is 45.0 Å². The Hall–Kier alpha value is -2.41. The van der Waals surface area contributed by atoms with Gasteiger partial charge in [-0.1, -0.05) is 19.1 Å². The largest absolute Gasteiger partial charge is 0.385 e. The Kier molecular flexibility index (Phi) is 7.59. The van der Waals surface area contributed by atoms with E-state index in [2.05, 4.69) is 15.6 Å². The van der Waals surface area contributed by atoms with Gasteiger partial charge < -0.3 is 19.9 Å². The molecule has 142 valence electrons. The van der Waals surface area contributed by atoms with Gasteiger partial charge in [0, 0.05) is 26.7 Å². The predicted octanol–water partition coefficient (Wildman–Crippen LogP) is 2.17. The Morgan fingerprint density at radius 1 is 1.27 bits per heavy atom. The molecule has 2 aromatic rings. The van der Waals surface area contributed by atoms with Crippen molar-refractivity contribution >= 4 is 22.8 Å². The molecule has 0 aliphatic rings. The minimum absolute atomic E-state index is 0.0115. The second-order valence-corrected chi connectivity index (χ2v) is 6.28. The van der Waals surface area contributed by atoms with Gasteiger partial charge in [-0.2, -0.15) is 0 Å². The Balaban J connectivity index is 2.17. The van der Waals surface area contributed by atoms with Crippen molar-refractivity contribution in [3.05, 3.63) is 30.1 Å². The molecule has 0 aliphatic heterocycles. The highest BCUT2D eigenvalue weighted by Gasteiger charge is 2.19. The first-order chi connectivity index (χ1) is 12.6. The lowest BCUT2D eigenvalue weighted by Crippen LogP contribution is -2.32. The number of methoxy groups -OCH3 is 1. The number of rotatable bonds is 10. The van der Waals surface area contributed by atoms with E-state index in [1.54, 1.807) is 7.11 Å². The summed E-state index contributed by atoms with van der Waals surface area (Å²) in [6.45, 7) is 5.20. The molecule has 0 fully saturated rings. The Bertz CT molecular complexity index is 741. The van der Waals surface area contributed by atoms with Crippen LogP contribution in [-0.2, 0) is 20.9 Å². The molecule has 2 N–H and O–H groups in total. The number of nitrogens with zero attached hydrogens (tertiary/aromatic N) is 2. The van der Waals surface area contributed by atoms with E-state index in [1.807, 2.05) is 42.7 Å². The van der Waals surface area contributed by atoms with Gasteiger partial charge in [-0.25, -0.2) is 4.98 Å². The van der Waals surface area contributed by atoms with Crippen molar-refractivity contribution in [1.29, 1.82) is 0 Å². The highest BCUT2D eigenvalue weighted by molar-refractivity contribution is 5.81. The summed E-state index contributed by atoms with van der Waals surface area (Å²) in [5, 5.41) is 5.85. The fourth-order valence-electron chi connectivity index (χ4n) is 2.84. The summed E-state index contributed by atoms with van der Waals surface area (Å²) in [7, 11) is 1.64. The van der Waals surface area contributed by atoms with Crippen LogP contribution in [0.15, 0.2) is 24.3 Å². The molecular formula is C19H28N4O3. The van der Waals surface area contributed by atoms with E-state index in [-0.39, 0.29) is 24.4 Å². The third-order valence-electron chi connectivity index (χ3n) is 4.08. The lowest BCUT2D eigenvalue weighted by Gasteiger charge is -2.16. The molecule has 2 amide bonds. The van der Waals surface area contributed by atoms with Crippen molar-refractivity contribution in [1.82, 2.24) is 20.2 Å². The maximum Gasteiger partial charge on any atom is 0.240 e. The number of aromatic nitrogens is 2. The van der Waals surface area contributed by atoms with Gasteiger partial charge in [0.15, 0.2) is 0 Å². The van der Waals surface area contributed by atoms with Gasteiger partial charge in [-0.05, 0) is 31.9 Å². The van der Waals surface area contributed by atoms with Crippen molar-refractivity contribution in [2.45, 2.75) is 45.7 Å². The molecule has 1 aromatic heterocycles. The van der Waals surface area contributed by atoms with Gasteiger partial charge in [0.1, 0.15) is 12.4 Å². The number of amides is 2. The van der Waals surface area contributed by atoms with Crippen LogP contribution in [0, 0.1) is 0 Å². The summed E-state index contributed by atoms with van der Waals surface area (Å²) in [6, 6.07) is 7.40. The Morgan fingerprint density at radius 2 is 2.04 bits per heavy atom. The average Bonchev–Trinajstić information content (AvgIpc) is 2.98. The lowest BCUT2D eigenvalue weighted by atomic mass is 10.2. The molecule has 0 radical (unpaired) electrons. The fourth-order valence-corrected chi connectivity index (χ4v) is 2.84. The molecule has 0 saturated carbocycles. The number of carbonyl (C=O) groups excluding carboxylic acids is 2. The van der Waals surface area contributed by atoms with Gasteiger partial charge in [-0.15, -0.1) is 0 Å². The third kappa shape index (κ3) is 5.29. The smallest absolute Gasteiger partial charge is 0.240 e. The van der Waals surface area contributed by atoms with Crippen LogP contribution in [0.25, 0.3) is 11.0 Å². The standard InChI is InChI=1S/C19H28N4O3/c1-4-8-17(24)21-14(2)19-22-15-9-5-6-10-16(15)23(19)13-18(25)20-11-7-12-26-3/h5-6,9-10,14H,4,7-8,11-13H2,1-3H3,(H,20,25)(H,21,24). The van der Waals surface area contributed by atoms with E-state index in [9.17, 15) is 9.59 Å². The second kappa shape index (κ2) is 9.91. The highest BCUT2D eigenvalue weighted by Crippen LogP contribution is 2.21. The highest BCUT2D eigenvalue weighted by atomic mass is 16.5. The number of ether oxygens (including phenoxy) is 1. The first kappa shape index (κ1) is 19.9. The number of para-hydroxylation sites is 2. The van der Waals surface area contributed by atoms with Crippen LogP contribution in [0.4, 0.5) is 0 Å². The molecule has 1 aromatic carbocycles. The normalized spacial score (nSPS) is 12.1. The number of fused-ring (bicyclic) bond motifs is 1. The molecule has 26 heavy (non-hydrogen) atoms. The minimum atomic E-state index is -0.275. The van der Waals surface area contributed by atoms with E-state index < -0.39 is 0 Å². The summed E-state index contributed by atoms with van der Waals surface area (Å²) in [5.41, 5.74) is 1.69. The van der Waals surface area contributed by atoms with Crippen LogP contribution < -0.4 is 10.6 Å². The SMILES string of the molecule is CCCC(=O)NC(C)c1nc2ccccc2n1CC(=O)NCCCOC. The molecule has 1 unspecified atom stereocenters. The Morgan fingerprint density at radius 3 is 2.77 bits per heavy atom. The minimum Gasteiger partial charge on any atom is -0.385 e. The van der Waals surface area contributed by atoms with Crippen LogP contribution >= 0.6 is 0 Å². The van der Waals surface area contributed by atoms with E-state index in [1.165, 1.54) is 0 Å². The molecule has 7 nitrogen and oxygen atoms in total. The van der Waals surface area contributed by atoms with Crippen LogP contribution in [0.3, 0.4) is 0 Å². The van der Waals surface area contributed by atoms with Gasteiger partial charge in [0.2, 0.25) is 11.8 Å². The quantitative estimate of drug-likeness (QED) is 0.636. The average molecular weight is 360 g/mol. The molecule has 0 bridgehead atoms. The summed E-state index contributed by atoms with van der Waals surface area (Å²) in [6.07, 6.45) is 2.03. The monoisotopic (exact) mass is 360 g/mol. The maximum absolute atomic E-state index is 12.3. The van der Waals surface area contributed by atoms with Crippen molar-refractivity contribution in [2.75, 3.05) is 20.3 Å². The van der Waals surface area contributed by atoms with Gasteiger partial charge >= 0.3 is 0 Å². The number of hydrogen-bond acceptors (Lipinski definition) is 4. The summed E-state index contributed by atoms with van der Waals surface area (Å²) in [5.74, 6) is 0.586. The van der Waals surface area contributed by atoms with Gasteiger partial charge in [0.05, 0.1) is 17.1 Å². The lowest BCUT2D eigenvalue weighted by molar-refractivity contribution is -0.122. The number of imidazole rings is 1. The van der Waals surface area contributed by atoms with Crippen molar-refractivity contribution in [2.24, 2.45) is 0 Å². The number of hydrogen-bond donors (Lipinski definition) is 2. The topological polar surface area (TPSA) is 85.2 Å². The second-order valence-electron chi connectivity index (χ2n) is 6.28. The van der Waals surface area contributed by atoms with E-state index in [0.29, 0.717) is 25.4 Å². The Labute approximate surface area is 154 Å². The summed E-state index contributed by atoms with van der Waals surface area (Å²) in [4.78, 5) is 28.9. The van der Waals surface area contributed by atoms with E-state index in [0.717, 1.165) is 23.9 Å². The van der Waals surface area contributed by atoms with E-state index in [4.69, 9.17) is 4.74 Å². The summed E-state index contributed by atoms with van der Waals surface area (Å²) < 4.78 is 6.86. The van der Waals surface area contributed by atoms with Gasteiger partial charge in [0.25, 0.3) is 0 Å². The number of carbonyl (C=O) groups is 2. The van der Waals surface area contributed by atoms with Crippen LogP contribution in [0.5, 0.6) is 0 Å². The molecule has 7 heteroatoms. The van der Waals surface area contributed by atoms with Crippen LogP contribution in [-0.4, -0.2) is 41.6 Å². The maximum atomic E-state index is 12.3. The molecule has 2 rings (SSSR count). The van der Waals surface area contributed by atoms with Crippen molar-refractivity contribution in [3.63, 3.8) is 0 Å². The van der Waals surface area contributed by atoms with Crippen molar-refractivity contribution in [3.8, 4) is 0 Å². The molecular weight excluding hydrogens is 332 g/mol. The summed E-state index contributed by atoms with van der Waals surface area (Å²) >= 11 is 0. The fraction of sp³-hybridized carbons (Fsp3) is 0.526. The molecule has 0 spiro atoms. The van der Waals surface area contributed by atoms with Gasteiger partial charge in [-0.3, -0.25) is 9.59 Å². The third-order valence-corrected chi connectivity index (χ3v) is 4.08. The molecule has 1 heterocycles. The van der Waals surface area contributed by atoms with E-state index >= 15 is 0 Å². The first-order valence-corrected chi connectivity index (χ1v) is 9.07. The molecule has 1 atom stereocenters. The molecule has 0 saturated heterocycles. The first-order valence-electron chi connectivity index (χ1n) is 9.07. The molecule has 0 aliphatic carbocycles. The number of nitrogens with one attached hydrogen (secondary N) is 2. The predicted molar refractivity (Wildman–Crippen MR) is 101 cm³/mol. The van der Waals surface area contributed by atoms with Crippen LogP contribution in [0.2, 0.25) is 0 Å².